The third-order valence-electron chi connectivity index (χ3n) is 5.44. The highest BCUT2D eigenvalue weighted by Gasteiger charge is 2.65. The Bertz CT molecular complexity index is 634. The van der Waals surface area contributed by atoms with Crippen LogP contribution in [0.3, 0.4) is 0 Å². The molecule has 0 heteroatoms. The summed E-state index contributed by atoms with van der Waals surface area (Å²) in [6.45, 7) is 0. The van der Waals surface area contributed by atoms with Gasteiger partial charge in [0.05, 0.1) is 0 Å². The van der Waals surface area contributed by atoms with Gasteiger partial charge in [-0.1, -0.05) is 48.5 Å². The first-order chi connectivity index (χ1) is 8.43. The molecule has 2 aromatic carbocycles. The van der Waals surface area contributed by atoms with E-state index in [1.165, 1.54) is 12.8 Å². The van der Waals surface area contributed by atoms with Crippen LogP contribution in [0.1, 0.15) is 46.9 Å². The fraction of sp³-hybridized carbons (Fsp3) is 0.294. The SMILES string of the molecule is c1ccc2c(c1)C1CCC13c1ccccc1C23. The van der Waals surface area contributed by atoms with Gasteiger partial charge < -0.3 is 0 Å². The monoisotopic (exact) mass is 218 g/mol. The van der Waals surface area contributed by atoms with Crippen molar-refractivity contribution in [3.63, 3.8) is 0 Å². The maximum Gasteiger partial charge on any atom is 0.0198 e. The molecule has 3 atom stereocenters. The first-order valence-electron chi connectivity index (χ1n) is 6.61. The first kappa shape index (κ1) is 8.52. The van der Waals surface area contributed by atoms with E-state index < -0.39 is 0 Å². The summed E-state index contributed by atoms with van der Waals surface area (Å²) in [4.78, 5) is 0. The zero-order chi connectivity index (χ0) is 11.0. The van der Waals surface area contributed by atoms with Gasteiger partial charge >= 0.3 is 0 Å². The van der Waals surface area contributed by atoms with Gasteiger partial charge in [-0.25, -0.2) is 0 Å². The molecule has 82 valence electrons. The molecule has 0 nitrogen and oxygen atoms in total. The molecule has 2 aromatic rings. The highest BCUT2D eigenvalue weighted by atomic mass is 14.7. The predicted molar refractivity (Wildman–Crippen MR) is 68.4 cm³/mol. The van der Waals surface area contributed by atoms with E-state index in [4.69, 9.17) is 0 Å². The first-order valence-corrected chi connectivity index (χ1v) is 6.61. The van der Waals surface area contributed by atoms with Gasteiger partial charge in [0.15, 0.2) is 0 Å². The van der Waals surface area contributed by atoms with Crippen LogP contribution < -0.4 is 0 Å². The molecule has 0 amide bonds. The maximum absolute atomic E-state index is 2.36. The molecular formula is C17H14. The Morgan fingerprint density at radius 1 is 0.824 bits per heavy atom. The summed E-state index contributed by atoms with van der Waals surface area (Å²) in [5.41, 5.74) is 7.02. The molecule has 1 spiro atoms. The van der Waals surface area contributed by atoms with Crippen molar-refractivity contribution in [3.8, 4) is 0 Å². The van der Waals surface area contributed by atoms with Gasteiger partial charge in [0.1, 0.15) is 0 Å². The molecule has 3 unspecified atom stereocenters. The zero-order valence-corrected chi connectivity index (χ0v) is 9.69. The van der Waals surface area contributed by atoms with E-state index in [-0.39, 0.29) is 0 Å². The quantitative estimate of drug-likeness (QED) is 0.628. The van der Waals surface area contributed by atoms with Gasteiger partial charge in [-0.2, -0.15) is 0 Å². The molecule has 3 aliphatic rings. The highest BCUT2D eigenvalue weighted by molar-refractivity contribution is 5.66. The van der Waals surface area contributed by atoms with Crippen molar-refractivity contribution in [2.45, 2.75) is 30.1 Å². The Morgan fingerprint density at radius 2 is 1.53 bits per heavy atom. The summed E-state index contributed by atoms with van der Waals surface area (Å²) in [5, 5.41) is 0. The Balaban J connectivity index is 1.85. The number of rotatable bonds is 0. The Kier molecular flexibility index (Phi) is 1.24. The lowest BCUT2D eigenvalue weighted by atomic mass is 9.45. The minimum absolute atomic E-state index is 0.514. The average Bonchev–Trinajstić information content (AvgIpc) is 2.47. The lowest BCUT2D eigenvalue weighted by Crippen LogP contribution is -2.50. The van der Waals surface area contributed by atoms with Crippen molar-refractivity contribution < 1.29 is 0 Å². The van der Waals surface area contributed by atoms with Crippen LogP contribution in [0.2, 0.25) is 0 Å². The fourth-order valence-corrected chi connectivity index (χ4v) is 4.76. The third-order valence-corrected chi connectivity index (χ3v) is 5.44. The van der Waals surface area contributed by atoms with Crippen LogP contribution in [0, 0.1) is 0 Å². The molecule has 0 N–H and O–H groups in total. The molecule has 0 radical (unpaired) electrons. The molecule has 1 saturated carbocycles. The summed E-state index contributed by atoms with van der Waals surface area (Å²) in [6.07, 6.45) is 2.79. The Labute approximate surface area is 101 Å². The third kappa shape index (κ3) is 0.702. The molecule has 0 saturated heterocycles. The number of benzene rings is 2. The number of fused-ring (bicyclic) bond motifs is 5. The fourth-order valence-electron chi connectivity index (χ4n) is 4.76. The molecule has 3 aliphatic carbocycles. The molecule has 0 heterocycles. The van der Waals surface area contributed by atoms with E-state index in [1.54, 1.807) is 22.3 Å². The topological polar surface area (TPSA) is 0 Å². The second-order valence-corrected chi connectivity index (χ2v) is 5.78. The number of hydrogen-bond donors (Lipinski definition) is 0. The summed E-state index contributed by atoms with van der Waals surface area (Å²) >= 11 is 0. The van der Waals surface area contributed by atoms with Crippen LogP contribution >= 0.6 is 0 Å². The lowest BCUT2D eigenvalue weighted by Gasteiger charge is -2.57. The molecule has 17 heavy (non-hydrogen) atoms. The van der Waals surface area contributed by atoms with Crippen LogP contribution in [0.15, 0.2) is 48.5 Å². The molecule has 1 fully saturated rings. The highest BCUT2D eigenvalue weighted by Crippen LogP contribution is 2.75. The van der Waals surface area contributed by atoms with Gasteiger partial charge in [-0.15, -0.1) is 0 Å². The minimum atomic E-state index is 0.514. The van der Waals surface area contributed by atoms with E-state index >= 15 is 0 Å². The largest absolute Gasteiger partial charge is 0.0620 e. The van der Waals surface area contributed by atoms with E-state index in [0.29, 0.717) is 11.3 Å². The van der Waals surface area contributed by atoms with E-state index in [0.717, 1.165) is 5.92 Å². The summed E-state index contributed by atoms with van der Waals surface area (Å²) in [7, 11) is 0. The number of hydrogen-bond acceptors (Lipinski definition) is 0. The van der Waals surface area contributed by atoms with Gasteiger partial charge in [-0.3, -0.25) is 0 Å². The zero-order valence-electron chi connectivity index (χ0n) is 9.69. The normalized spacial score (nSPS) is 34.8. The molecule has 0 aliphatic heterocycles. The van der Waals surface area contributed by atoms with Gasteiger partial charge in [0.25, 0.3) is 0 Å². The van der Waals surface area contributed by atoms with Crippen LogP contribution in [0.25, 0.3) is 0 Å². The summed E-state index contributed by atoms with van der Waals surface area (Å²) in [6, 6.07) is 18.2. The summed E-state index contributed by atoms with van der Waals surface area (Å²) < 4.78 is 0. The lowest BCUT2D eigenvalue weighted by molar-refractivity contribution is 0.158. The van der Waals surface area contributed by atoms with Crippen molar-refractivity contribution in [2.75, 3.05) is 0 Å². The Hall–Kier alpha value is -1.56. The van der Waals surface area contributed by atoms with Gasteiger partial charge in [0.2, 0.25) is 0 Å². The van der Waals surface area contributed by atoms with Crippen molar-refractivity contribution in [3.05, 3.63) is 70.8 Å². The molecule has 0 aromatic heterocycles. The van der Waals surface area contributed by atoms with E-state index in [2.05, 4.69) is 48.5 Å². The van der Waals surface area contributed by atoms with Gasteiger partial charge in [0, 0.05) is 11.3 Å². The van der Waals surface area contributed by atoms with Gasteiger partial charge in [-0.05, 0) is 41.0 Å². The van der Waals surface area contributed by atoms with Crippen LogP contribution in [-0.2, 0) is 5.41 Å². The van der Waals surface area contributed by atoms with E-state index in [9.17, 15) is 0 Å². The summed E-state index contributed by atoms with van der Waals surface area (Å²) in [5.74, 6) is 1.53. The predicted octanol–water partition coefficient (Wildman–Crippen LogP) is 3.96. The minimum Gasteiger partial charge on any atom is -0.0620 e. The Morgan fingerprint density at radius 3 is 2.29 bits per heavy atom. The second-order valence-electron chi connectivity index (χ2n) is 5.78. The van der Waals surface area contributed by atoms with Crippen molar-refractivity contribution in [2.24, 2.45) is 0 Å². The second kappa shape index (κ2) is 2.48. The van der Waals surface area contributed by atoms with Crippen LogP contribution in [0.4, 0.5) is 0 Å². The molecule has 0 bridgehead atoms. The standard InChI is InChI=1S/C17H14/c1-2-6-12-11(5-1)15-9-10-17(15)14-8-4-3-7-13(14)16(12)17/h1-8,15-16H,9-10H2. The molecule has 5 rings (SSSR count). The van der Waals surface area contributed by atoms with E-state index in [1.807, 2.05) is 0 Å². The van der Waals surface area contributed by atoms with Crippen molar-refractivity contribution in [1.82, 2.24) is 0 Å². The molecular weight excluding hydrogens is 204 g/mol. The van der Waals surface area contributed by atoms with Crippen molar-refractivity contribution in [1.29, 1.82) is 0 Å². The average molecular weight is 218 g/mol. The van der Waals surface area contributed by atoms with Crippen molar-refractivity contribution >= 4 is 0 Å². The van der Waals surface area contributed by atoms with Crippen LogP contribution in [0.5, 0.6) is 0 Å². The maximum atomic E-state index is 2.36. The van der Waals surface area contributed by atoms with Crippen LogP contribution in [-0.4, -0.2) is 0 Å². The smallest absolute Gasteiger partial charge is 0.0198 e.